The summed E-state index contributed by atoms with van der Waals surface area (Å²) in [4.78, 5) is 2.55. The number of ether oxygens (including phenoxy) is 2. The lowest BCUT2D eigenvalue weighted by molar-refractivity contribution is -0.189. The van der Waals surface area contributed by atoms with E-state index in [0.29, 0.717) is 0 Å². The van der Waals surface area contributed by atoms with Gasteiger partial charge in [0.15, 0.2) is 6.29 Å². The molecule has 0 aromatic carbocycles. The second kappa shape index (κ2) is 3.13. The highest BCUT2D eigenvalue weighted by Gasteiger charge is 2.49. The fourth-order valence-corrected chi connectivity index (χ4v) is 1.58. The topological polar surface area (TPSA) is 108 Å². The molecule has 2 N–H and O–H groups in total. The lowest BCUT2D eigenvalue weighted by atomic mass is 9.99. The molecule has 13 heavy (non-hydrogen) atoms. The highest BCUT2D eigenvalue weighted by Crippen LogP contribution is 2.29. The molecule has 0 aromatic heterocycles. The van der Waals surface area contributed by atoms with Gasteiger partial charge in [-0.25, -0.2) is 0 Å². The number of nitrogens with zero attached hydrogens (tertiary/aromatic N) is 3. The van der Waals surface area contributed by atoms with E-state index in [1.807, 2.05) is 0 Å². The summed E-state index contributed by atoms with van der Waals surface area (Å²) in [6.45, 7) is 0.223. The number of azide groups is 1. The maximum absolute atomic E-state index is 9.53. The molecule has 0 amide bonds. The Morgan fingerprint density at radius 1 is 1.38 bits per heavy atom. The average Bonchev–Trinajstić information content (AvgIpc) is 2.56. The molecule has 7 nitrogen and oxygen atoms in total. The van der Waals surface area contributed by atoms with Crippen LogP contribution in [-0.4, -0.2) is 47.5 Å². The first-order valence-electron chi connectivity index (χ1n) is 3.91. The third-order valence-electron chi connectivity index (χ3n) is 2.28. The van der Waals surface area contributed by atoms with Gasteiger partial charge in [0.2, 0.25) is 0 Å². The van der Waals surface area contributed by atoms with Crippen LogP contribution in [0, 0.1) is 0 Å². The fraction of sp³-hybridized carbons (Fsp3) is 1.00. The van der Waals surface area contributed by atoms with E-state index in [1.54, 1.807) is 0 Å². The SMILES string of the molecule is [N-]=[N+]=N[C@H]1[C@@H](O)[C@H]2COC(O2)[C@@H]1O. The zero-order valence-electron chi connectivity index (χ0n) is 6.65. The minimum atomic E-state index is -1.09. The van der Waals surface area contributed by atoms with E-state index >= 15 is 0 Å². The summed E-state index contributed by atoms with van der Waals surface area (Å²) in [5.41, 5.74) is 8.20. The Morgan fingerprint density at radius 3 is 2.85 bits per heavy atom. The Kier molecular flexibility index (Phi) is 2.10. The molecule has 1 unspecified atom stereocenters. The van der Waals surface area contributed by atoms with E-state index in [-0.39, 0.29) is 6.61 Å². The van der Waals surface area contributed by atoms with Crippen LogP contribution in [0.2, 0.25) is 0 Å². The molecule has 5 atom stereocenters. The molecule has 0 aliphatic carbocycles. The van der Waals surface area contributed by atoms with Gasteiger partial charge in [-0.3, -0.25) is 0 Å². The highest BCUT2D eigenvalue weighted by molar-refractivity contribution is 4.97. The molecule has 0 saturated carbocycles. The van der Waals surface area contributed by atoms with Crippen molar-refractivity contribution in [3.8, 4) is 0 Å². The largest absolute Gasteiger partial charge is 0.390 e. The summed E-state index contributed by atoms with van der Waals surface area (Å²) < 4.78 is 10.1. The minimum Gasteiger partial charge on any atom is -0.390 e. The molecule has 2 saturated heterocycles. The summed E-state index contributed by atoms with van der Waals surface area (Å²) in [7, 11) is 0. The first-order chi connectivity index (χ1) is 6.24. The Hall–Kier alpha value is -0.850. The standard InChI is InChI=1S/C6H9N3O4/c7-9-8-3-4(10)2-1-12-6(13-2)5(3)11/h2-6,10-11H,1H2/t2-,3+,4+,5-,6?/m1/s1. The lowest BCUT2D eigenvalue weighted by Gasteiger charge is -2.32. The van der Waals surface area contributed by atoms with Crippen molar-refractivity contribution in [3.63, 3.8) is 0 Å². The van der Waals surface area contributed by atoms with Gasteiger partial charge >= 0.3 is 0 Å². The van der Waals surface area contributed by atoms with Crippen molar-refractivity contribution >= 4 is 0 Å². The molecule has 72 valence electrons. The second-order valence-electron chi connectivity index (χ2n) is 3.05. The van der Waals surface area contributed by atoms with Gasteiger partial charge in [0.05, 0.1) is 18.8 Å². The van der Waals surface area contributed by atoms with Crippen molar-refractivity contribution in [3.05, 3.63) is 10.4 Å². The van der Waals surface area contributed by atoms with Gasteiger partial charge in [0.25, 0.3) is 0 Å². The molecular weight excluding hydrogens is 178 g/mol. The number of rotatable bonds is 1. The molecule has 2 bridgehead atoms. The first-order valence-corrected chi connectivity index (χ1v) is 3.91. The predicted molar refractivity (Wildman–Crippen MR) is 39.6 cm³/mol. The molecule has 2 fully saturated rings. The summed E-state index contributed by atoms with van der Waals surface area (Å²) in [6.07, 6.45) is -3.36. The summed E-state index contributed by atoms with van der Waals surface area (Å²) >= 11 is 0. The maximum Gasteiger partial charge on any atom is 0.184 e. The number of aliphatic hydroxyl groups is 2. The van der Waals surface area contributed by atoms with Crippen molar-refractivity contribution in [2.75, 3.05) is 6.61 Å². The van der Waals surface area contributed by atoms with Crippen LogP contribution in [0.4, 0.5) is 0 Å². The lowest BCUT2D eigenvalue weighted by Crippen LogP contribution is -2.52. The Bertz CT molecular complexity index is 238. The Balaban J connectivity index is 2.21. The summed E-state index contributed by atoms with van der Waals surface area (Å²) in [5, 5.41) is 22.3. The van der Waals surface area contributed by atoms with E-state index < -0.39 is 30.6 Å². The van der Waals surface area contributed by atoms with Crippen LogP contribution in [-0.2, 0) is 9.47 Å². The van der Waals surface area contributed by atoms with Gasteiger partial charge in [-0.05, 0) is 5.53 Å². The smallest absolute Gasteiger partial charge is 0.184 e. The minimum absolute atomic E-state index is 0.223. The third-order valence-corrected chi connectivity index (χ3v) is 2.28. The third kappa shape index (κ3) is 1.27. The molecule has 2 rings (SSSR count). The molecule has 2 aliphatic heterocycles. The Labute approximate surface area is 73.5 Å². The molecule has 0 spiro atoms. The van der Waals surface area contributed by atoms with Crippen LogP contribution in [0.15, 0.2) is 5.11 Å². The monoisotopic (exact) mass is 187 g/mol. The van der Waals surface area contributed by atoms with Gasteiger partial charge in [0.1, 0.15) is 12.2 Å². The first kappa shape index (κ1) is 8.74. The van der Waals surface area contributed by atoms with Gasteiger partial charge in [-0.2, -0.15) is 0 Å². The van der Waals surface area contributed by atoms with Gasteiger partial charge in [-0.15, -0.1) is 0 Å². The molecule has 0 aromatic rings. The number of fused-ring (bicyclic) bond motifs is 2. The van der Waals surface area contributed by atoms with E-state index in [1.165, 1.54) is 0 Å². The van der Waals surface area contributed by atoms with Gasteiger partial charge < -0.3 is 19.7 Å². The van der Waals surface area contributed by atoms with Crippen LogP contribution < -0.4 is 0 Å². The van der Waals surface area contributed by atoms with E-state index in [0.717, 1.165) is 0 Å². The van der Waals surface area contributed by atoms with Crippen molar-refractivity contribution in [2.24, 2.45) is 5.11 Å². The quantitative estimate of drug-likeness (QED) is 0.316. The zero-order valence-corrected chi connectivity index (χ0v) is 6.65. The van der Waals surface area contributed by atoms with Crippen molar-refractivity contribution in [2.45, 2.75) is 30.6 Å². The van der Waals surface area contributed by atoms with Gasteiger partial charge in [0, 0.05) is 4.91 Å². The highest BCUT2D eigenvalue weighted by atomic mass is 16.7. The maximum atomic E-state index is 9.53. The van der Waals surface area contributed by atoms with Crippen molar-refractivity contribution < 1.29 is 19.7 Å². The van der Waals surface area contributed by atoms with Crippen molar-refractivity contribution in [1.82, 2.24) is 0 Å². The molecule has 7 heteroatoms. The summed E-state index contributed by atoms with van der Waals surface area (Å²) in [5.74, 6) is 0. The second-order valence-corrected chi connectivity index (χ2v) is 3.05. The molecule has 0 radical (unpaired) electrons. The molecule has 2 heterocycles. The van der Waals surface area contributed by atoms with Gasteiger partial charge in [-0.1, -0.05) is 5.11 Å². The van der Waals surface area contributed by atoms with E-state index in [2.05, 4.69) is 10.0 Å². The molecule has 2 aliphatic rings. The molecular formula is C6H9N3O4. The van der Waals surface area contributed by atoms with Crippen LogP contribution >= 0.6 is 0 Å². The Morgan fingerprint density at radius 2 is 2.15 bits per heavy atom. The number of hydrogen-bond acceptors (Lipinski definition) is 5. The van der Waals surface area contributed by atoms with Crippen LogP contribution in [0.5, 0.6) is 0 Å². The van der Waals surface area contributed by atoms with E-state index in [9.17, 15) is 10.2 Å². The predicted octanol–water partition coefficient (Wildman–Crippen LogP) is -0.858. The van der Waals surface area contributed by atoms with Crippen molar-refractivity contribution in [1.29, 1.82) is 0 Å². The van der Waals surface area contributed by atoms with Crippen LogP contribution in [0.3, 0.4) is 0 Å². The van der Waals surface area contributed by atoms with Crippen LogP contribution in [0.1, 0.15) is 0 Å². The average molecular weight is 187 g/mol. The number of hydrogen-bond donors (Lipinski definition) is 2. The van der Waals surface area contributed by atoms with E-state index in [4.69, 9.17) is 15.0 Å². The summed E-state index contributed by atoms with van der Waals surface area (Å²) in [6, 6.07) is -0.878. The van der Waals surface area contributed by atoms with Crippen LogP contribution in [0.25, 0.3) is 10.4 Å². The fourth-order valence-electron chi connectivity index (χ4n) is 1.58. The number of aliphatic hydroxyl groups excluding tert-OH is 2. The zero-order chi connectivity index (χ0) is 9.42. The normalized spacial score (nSPS) is 48.6.